The Hall–Kier alpha value is -1.36. The van der Waals surface area contributed by atoms with E-state index in [4.69, 9.17) is 9.84 Å². The molecular formula is C22H38O5. The Morgan fingerprint density at radius 2 is 1.37 bits per heavy atom. The lowest BCUT2D eigenvalue weighted by molar-refractivity contribution is -0.153. The normalized spacial score (nSPS) is 19.3. The standard InChI is InChI=1S/C22H38O5/c1-2-3-4-5-6-7-8-9-10-11-12-13-14-15-19(24)21-20(25)16-18(17-23)27-22(21)26/h18,23-24H,2-17H2,1H3/b21-19-. The fourth-order valence-corrected chi connectivity index (χ4v) is 3.49. The maximum atomic E-state index is 11.9. The van der Waals surface area contributed by atoms with Crippen molar-refractivity contribution in [1.82, 2.24) is 0 Å². The number of rotatable bonds is 15. The van der Waals surface area contributed by atoms with Crippen molar-refractivity contribution < 1.29 is 24.5 Å². The second-order valence-corrected chi connectivity index (χ2v) is 7.65. The number of esters is 1. The third kappa shape index (κ3) is 9.94. The average molecular weight is 383 g/mol. The van der Waals surface area contributed by atoms with Gasteiger partial charge in [-0.1, -0.05) is 84.0 Å². The quantitative estimate of drug-likeness (QED) is 0.134. The van der Waals surface area contributed by atoms with Gasteiger partial charge in [-0.3, -0.25) is 4.79 Å². The van der Waals surface area contributed by atoms with Crippen LogP contribution < -0.4 is 0 Å². The second kappa shape index (κ2) is 14.7. The summed E-state index contributed by atoms with van der Waals surface area (Å²) < 4.78 is 4.93. The van der Waals surface area contributed by atoms with E-state index in [-0.39, 0.29) is 24.4 Å². The molecule has 0 bridgehead atoms. The smallest absolute Gasteiger partial charge is 0.345 e. The Morgan fingerprint density at radius 1 is 0.889 bits per heavy atom. The van der Waals surface area contributed by atoms with Gasteiger partial charge in [0.2, 0.25) is 0 Å². The van der Waals surface area contributed by atoms with E-state index in [1.54, 1.807) is 0 Å². The molecule has 2 N–H and O–H groups in total. The Labute approximate surface area is 164 Å². The minimum absolute atomic E-state index is 0.0553. The zero-order valence-electron chi connectivity index (χ0n) is 17.0. The maximum absolute atomic E-state index is 11.9. The van der Waals surface area contributed by atoms with Gasteiger partial charge in [-0.15, -0.1) is 0 Å². The number of unbranched alkanes of at least 4 members (excludes halogenated alkanes) is 12. The molecule has 1 atom stereocenters. The van der Waals surface area contributed by atoms with Gasteiger partial charge in [0.05, 0.1) is 13.0 Å². The van der Waals surface area contributed by atoms with E-state index in [0.29, 0.717) is 6.42 Å². The van der Waals surface area contributed by atoms with E-state index in [0.717, 1.165) is 19.3 Å². The number of carbonyl (C=O) groups excluding carboxylic acids is 2. The minimum Gasteiger partial charge on any atom is -0.511 e. The summed E-state index contributed by atoms with van der Waals surface area (Å²) in [7, 11) is 0. The van der Waals surface area contributed by atoms with Crippen LogP contribution in [0.1, 0.15) is 103 Å². The van der Waals surface area contributed by atoms with Crippen LogP contribution in [0.2, 0.25) is 0 Å². The average Bonchev–Trinajstić information content (AvgIpc) is 2.64. The van der Waals surface area contributed by atoms with Crippen LogP contribution in [-0.2, 0) is 14.3 Å². The molecule has 0 aromatic carbocycles. The van der Waals surface area contributed by atoms with Crippen LogP contribution in [0.3, 0.4) is 0 Å². The third-order valence-corrected chi connectivity index (χ3v) is 5.18. The van der Waals surface area contributed by atoms with Crippen LogP contribution in [0.5, 0.6) is 0 Å². The first-order chi connectivity index (χ1) is 13.1. The first-order valence-electron chi connectivity index (χ1n) is 10.9. The van der Waals surface area contributed by atoms with E-state index in [1.807, 2.05) is 0 Å². The van der Waals surface area contributed by atoms with Crippen LogP contribution in [0.15, 0.2) is 11.3 Å². The molecule has 1 saturated heterocycles. The fraction of sp³-hybridized carbons (Fsp3) is 0.818. The molecule has 1 heterocycles. The highest BCUT2D eigenvalue weighted by atomic mass is 16.6. The number of allylic oxidation sites excluding steroid dienone is 1. The summed E-state index contributed by atoms with van der Waals surface area (Å²) in [5.41, 5.74) is -0.223. The van der Waals surface area contributed by atoms with Gasteiger partial charge in [0, 0.05) is 6.42 Å². The molecule has 0 saturated carbocycles. The van der Waals surface area contributed by atoms with E-state index < -0.39 is 17.9 Å². The van der Waals surface area contributed by atoms with Crippen LogP contribution in [0.4, 0.5) is 0 Å². The van der Waals surface area contributed by atoms with Crippen molar-refractivity contribution in [2.75, 3.05) is 6.61 Å². The Morgan fingerprint density at radius 3 is 1.81 bits per heavy atom. The van der Waals surface area contributed by atoms with Crippen LogP contribution in [0, 0.1) is 0 Å². The van der Waals surface area contributed by atoms with E-state index in [1.165, 1.54) is 64.2 Å². The van der Waals surface area contributed by atoms with E-state index >= 15 is 0 Å². The van der Waals surface area contributed by atoms with Gasteiger partial charge in [-0.25, -0.2) is 4.79 Å². The van der Waals surface area contributed by atoms with Crippen molar-refractivity contribution in [1.29, 1.82) is 0 Å². The number of ether oxygens (including phenoxy) is 1. The molecule has 156 valence electrons. The molecule has 0 aromatic heterocycles. The highest BCUT2D eigenvalue weighted by Crippen LogP contribution is 2.22. The highest BCUT2D eigenvalue weighted by molar-refractivity contribution is 6.19. The second-order valence-electron chi connectivity index (χ2n) is 7.65. The molecule has 0 radical (unpaired) electrons. The molecule has 5 heteroatoms. The van der Waals surface area contributed by atoms with Gasteiger partial charge in [0.25, 0.3) is 0 Å². The number of hydrogen-bond donors (Lipinski definition) is 2. The zero-order valence-corrected chi connectivity index (χ0v) is 17.0. The zero-order chi connectivity index (χ0) is 19.9. The summed E-state index contributed by atoms with van der Waals surface area (Å²) in [6.07, 6.45) is 15.6. The van der Waals surface area contributed by atoms with Gasteiger partial charge >= 0.3 is 5.97 Å². The molecule has 0 spiro atoms. The van der Waals surface area contributed by atoms with Crippen molar-refractivity contribution in [3.63, 3.8) is 0 Å². The lowest BCUT2D eigenvalue weighted by atomic mass is 9.98. The lowest BCUT2D eigenvalue weighted by Gasteiger charge is -2.22. The van der Waals surface area contributed by atoms with Crippen molar-refractivity contribution in [3.8, 4) is 0 Å². The van der Waals surface area contributed by atoms with Gasteiger partial charge in [0.1, 0.15) is 17.4 Å². The minimum atomic E-state index is -0.808. The molecular weight excluding hydrogens is 344 g/mol. The molecule has 27 heavy (non-hydrogen) atoms. The van der Waals surface area contributed by atoms with Crippen LogP contribution in [-0.4, -0.2) is 34.7 Å². The molecule has 5 nitrogen and oxygen atoms in total. The topological polar surface area (TPSA) is 83.8 Å². The lowest BCUT2D eigenvalue weighted by Crippen LogP contribution is -2.35. The number of cyclic esters (lactones) is 1. The molecule has 1 rings (SSSR count). The first kappa shape index (κ1) is 23.7. The molecule has 1 aliphatic heterocycles. The third-order valence-electron chi connectivity index (χ3n) is 5.18. The Bertz CT molecular complexity index is 449. The van der Waals surface area contributed by atoms with Gasteiger partial charge in [0.15, 0.2) is 5.78 Å². The number of hydrogen-bond acceptors (Lipinski definition) is 5. The maximum Gasteiger partial charge on any atom is 0.345 e. The van der Waals surface area contributed by atoms with Gasteiger partial charge < -0.3 is 14.9 Å². The summed E-state index contributed by atoms with van der Waals surface area (Å²) in [5.74, 6) is -1.40. The Kier molecular flexibility index (Phi) is 12.9. The summed E-state index contributed by atoms with van der Waals surface area (Å²) in [6.45, 7) is 1.87. The molecule has 0 aromatic rings. The molecule has 1 fully saturated rings. The summed E-state index contributed by atoms with van der Waals surface area (Å²) in [4.78, 5) is 23.7. The monoisotopic (exact) mass is 382 g/mol. The van der Waals surface area contributed by atoms with Crippen molar-refractivity contribution >= 4 is 11.8 Å². The largest absolute Gasteiger partial charge is 0.511 e. The predicted octanol–water partition coefficient (Wildman–Crippen LogP) is 5.16. The summed E-state index contributed by atoms with van der Waals surface area (Å²) in [6, 6.07) is 0. The number of aliphatic hydroxyl groups excluding tert-OH is 2. The van der Waals surface area contributed by atoms with Crippen molar-refractivity contribution in [3.05, 3.63) is 11.3 Å². The molecule has 1 unspecified atom stereocenters. The SMILES string of the molecule is CCCCCCCCCCCCCCC/C(O)=C1\C(=O)CC(CO)OC1=O. The molecule has 1 aliphatic rings. The number of aliphatic hydroxyl groups is 2. The molecule has 0 amide bonds. The first-order valence-corrected chi connectivity index (χ1v) is 10.9. The molecule has 0 aliphatic carbocycles. The van der Waals surface area contributed by atoms with Crippen LogP contribution >= 0.6 is 0 Å². The van der Waals surface area contributed by atoms with Gasteiger partial charge in [-0.05, 0) is 6.42 Å². The van der Waals surface area contributed by atoms with Crippen molar-refractivity contribution in [2.24, 2.45) is 0 Å². The van der Waals surface area contributed by atoms with E-state index in [9.17, 15) is 14.7 Å². The fourth-order valence-electron chi connectivity index (χ4n) is 3.49. The number of Topliss-reactive ketones (excluding diaryl/α,β-unsaturated/α-hetero) is 1. The summed E-state index contributed by atoms with van der Waals surface area (Å²) >= 11 is 0. The highest BCUT2D eigenvalue weighted by Gasteiger charge is 2.34. The predicted molar refractivity (Wildman–Crippen MR) is 107 cm³/mol. The number of ketones is 1. The Balaban J connectivity index is 2.04. The summed E-state index contributed by atoms with van der Waals surface area (Å²) in [5, 5.41) is 19.0. The van der Waals surface area contributed by atoms with Gasteiger partial charge in [-0.2, -0.15) is 0 Å². The number of carbonyl (C=O) groups is 2. The van der Waals surface area contributed by atoms with Crippen LogP contribution in [0.25, 0.3) is 0 Å². The van der Waals surface area contributed by atoms with Crippen molar-refractivity contribution in [2.45, 2.75) is 109 Å². The van der Waals surface area contributed by atoms with E-state index in [2.05, 4.69) is 6.92 Å².